The number of nitrogens with zero attached hydrogens (tertiary/aromatic N) is 2. The zero-order chi connectivity index (χ0) is 24.7. The highest BCUT2D eigenvalue weighted by Gasteiger charge is 2.36. The van der Waals surface area contributed by atoms with Gasteiger partial charge in [0.05, 0.1) is 18.6 Å². The van der Waals surface area contributed by atoms with Crippen molar-refractivity contribution in [1.29, 1.82) is 5.41 Å². The predicted octanol–water partition coefficient (Wildman–Crippen LogP) is 3.38. The van der Waals surface area contributed by atoms with Crippen LogP contribution in [-0.4, -0.2) is 83.2 Å². The topological polar surface area (TPSA) is 132 Å². The Bertz CT molecular complexity index is 719. The van der Waals surface area contributed by atoms with Crippen LogP contribution in [0.4, 0.5) is 0 Å². The van der Waals surface area contributed by atoms with Gasteiger partial charge < -0.3 is 30.7 Å². The molecule has 1 saturated carbocycles. The number of guanidine groups is 1. The monoisotopic (exact) mass is 551 g/mol. The lowest BCUT2D eigenvalue weighted by Gasteiger charge is -2.41. The molecule has 0 aromatic carbocycles. The maximum atomic E-state index is 13.6. The van der Waals surface area contributed by atoms with E-state index in [2.05, 4.69) is 19.2 Å². The summed E-state index contributed by atoms with van der Waals surface area (Å²) in [5.41, 5.74) is 5.79. The summed E-state index contributed by atoms with van der Waals surface area (Å²) in [5, 5.41) is 20.5. The molecular formula is C25H47Cl2N5O4. The van der Waals surface area contributed by atoms with Gasteiger partial charge in [0.25, 0.3) is 0 Å². The highest BCUT2D eigenvalue weighted by molar-refractivity contribution is 5.86. The first-order valence-corrected chi connectivity index (χ1v) is 13.1. The van der Waals surface area contributed by atoms with Crippen LogP contribution in [0.1, 0.15) is 84.5 Å². The summed E-state index contributed by atoms with van der Waals surface area (Å²) in [6.45, 7) is 7.27. The van der Waals surface area contributed by atoms with E-state index in [1.807, 2.05) is 9.80 Å². The lowest BCUT2D eigenvalue weighted by molar-refractivity contribution is -0.145. The van der Waals surface area contributed by atoms with Crippen LogP contribution in [0.3, 0.4) is 0 Å². The third-order valence-electron chi connectivity index (χ3n) is 7.82. The van der Waals surface area contributed by atoms with E-state index in [-0.39, 0.29) is 66.7 Å². The molecule has 1 unspecified atom stereocenters. The van der Waals surface area contributed by atoms with Gasteiger partial charge in [-0.25, -0.2) is 0 Å². The van der Waals surface area contributed by atoms with Crippen molar-refractivity contribution in [1.82, 2.24) is 15.1 Å². The number of hydrogen-bond acceptors (Lipinski definition) is 5. The van der Waals surface area contributed by atoms with E-state index < -0.39 is 12.0 Å². The van der Waals surface area contributed by atoms with Crippen LogP contribution in [-0.2, 0) is 14.3 Å². The number of amides is 1. The van der Waals surface area contributed by atoms with Gasteiger partial charge in [0.1, 0.15) is 0 Å². The first-order valence-electron chi connectivity index (χ1n) is 13.1. The Morgan fingerprint density at radius 1 is 1.11 bits per heavy atom. The summed E-state index contributed by atoms with van der Waals surface area (Å²) >= 11 is 0. The second-order valence-electron chi connectivity index (χ2n) is 11.2. The van der Waals surface area contributed by atoms with Crippen molar-refractivity contribution in [2.75, 3.05) is 26.2 Å². The van der Waals surface area contributed by atoms with E-state index in [9.17, 15) is 14.7 Å². The normalized spacial score (nSPS) is 25.3. The maximum absolute atomic E-state index is 13.6. The van der Waals surface area contributed by atoms with E-state index in [0.29, 0.717) is 13.2 Å². The molecule has 3 aliphatic rings. The molecule has 0 aromatic heterocycles. The number of carbonyl (C=O) groups excluding carboxylic acids is 1. The molecule has 3 rings (SSSR count). The summed E-state index contributed by atoms with van der Waals surface area (Å²) in [6, 6.07) is -0.391. The Balaban J connectivity index is 0.00000324. The number of piperidine rings is 2. The number of nitrogens with one attached hydrogen (secondary N) is 2. The summed E-state index contributed by atoms with van der Waals surface area (Å²) in [5.74, 6) is -0.879. The number of rotatable bonds is 9. The zero-order valence-corrected chi connectivity index (χ0v) is 23.5. The fourth-order valence-corrected chi connectivity index (χ4v) is 5.94. The molecular weight excluding hydrogens is 505 g/mol. The number of nitrogens with two attached hydrogens (primary N) is 1. The van der Waals surface area contributed by atoms with E-state index in [4.69, 9.17) is 15.9 Å². The predicted molar refractivity (Wildman–Crippen MR) is 146 cm³/mol. The van der Waals surface area contributed by atoms with Crippen LogP contribution >= 0.6 is 24.8 Å². The number of aliphatic carboxylic acids is 1. The van der Waals surface area contributed by atoms with Crippen molar-refractivity contribution in [2.45, 2.75) is 109 Å². The minimum absolute atomic E-state index is 0. The van der Waals surface area contributed by atoms with Gasteiger partial charge in [-0.1, -0.05) is 20.3 Å². The molecule has 1 amide bonds. The molecule has 11 heteroatoms. The third-order valence-corrected chi connectivity index (χ3v) is 7.82. The molecule has 1 aliphatic carbocycles. The van der Waals surface area contributed by atoms with Gasteiger partial charge in [-0.2, -0.15) is 0 Å². The molecule has 2 aliphatic heterocycles. The first kappa shape index (κ1) is 32.7. The van der Waals surface area contributed by atoms with Gasteiger partial charge in [0.2, 0.25) is 5.91 Å². The summed E-state index contributed by atoms with van der Waals surface area (Å²) in [4.78, 5) is 29.0. The average molecular weight is 553 g/mol. The van der Waals surface area contributed by atoms with Crippen molar-refractivity contribution in [3.8, 4) is 0 Å². The van der Waals surface area contributed by atoms with E-state index in [1.165, 1.54) is 6.42 Å². The van der Waals surface area contributed by atoms with Gasteiger partial charge in [0.15, 0.2) is 5.96 Å². The fraction of sp³-hybridized carbons (Fsp3) is 0.880. The molecule has 5 N–H and O–H groups in total. The summed E-state index contributed by atoms with van der Waals surface area (Å²) in [6.07, 6.45) is 9.69. The standard InChI is InChI=1S/C25H45N5O4.2ClH/c1-25(2)11-5-6-18(17-25)28-21(16-22(31)32)23(33)30-12-4-3-7-19(30)10-15-34-20-8-13-29(14-9-20)24(26)27;;/h18-21,28H,3-17H2,1-2H3,(H3,26,27)(H,31,32);2*1H/t18?,19-,21-;;/m0../s1. The highest BCUT2D eigenvalue weighted by Crippen LogP contribution is 2.35. The molecule has 2 saturated heterocycles. The van der Waals surface area contributed by atoms with E-state index in [1.54, 1.807) is 0 Å². The lowest BCUT2D eigenvalue weighted by atomic mass is 9.75. The summed E-state index contributed by atoms with van der Waals surface area (Å²) < 4.78 is 6.13. The van der Waals surface area contributed by atoms with Gasteiger partial charge in [0, 0.05) is 38.3 Å². The first-order chi connectivity index (χ1) is 16.1. The zero-order valence-electron chi connectivity index (χ0n) is 21.9. The number of likely N-dealkylation sites (tertiary alicyclic amines) is 2. The molecule has 0 radical (unpaired) electrons. The fourth-order valence-electron chi connectivity index (χ4n) is 5.94. The molecule has 3 atom stereocenters. The minimum atomic E-state index is -0.935. The number of carboxylic acid groups (broad SMARTS) is 1. The van der Waals surface area contributed by atoms with E-state index in [0.717, 1.165) is 70.9 Å². The number of hydrogen-bond donors (Lipinski definition) is 4. The average Bonchev–Trinajstić information content (AvgIpc) is 2.78. The lowest BCUT2D eigenvalue weighted by Crippen LogP contribution is -2.55. The van der Waals surface area contributed by atoms with Crippen LogP contribution in [0.15, 0.2) is 0 Å². The summed E-state index contributed by atoms with van der Waals surface area (Å²) in [7, 11) is 0. The van der Waals surface area contributed by atoms with Crippen molar-refractivity contribution in [3.63, 3.8) is 0 Å². The van der Waals surface area contributed by atoms with Crippen molar-refractivity contribution in [2.24, 2.45) is 11.1 Å². The van der Waals surface area contributed by atoms with Crippen LogP contribution in [0.5, 0.6) is 0 Å². The number of carboxylic acids is 1. The Labute approximate surface area is 228 Å². The van der Waals surface area contributed by atoms with E-state index >= 15 is 0 Å². The van der Waals surface area contributed by atoms with Crippen LogP contribution < -0.4 is 11.1 Å². The van der Waals surface area contributed by atoms with Crippen molar-refractivity contribution < 1.29 is 19.4 Å². The Morgan fingerprint density at radius 2 is 1.81 bits per heavy atom. The smallest absolute Gasteiger partial charge is 0.305 e. The molecule has 3 fully saturated rings. The second-order valence-corrected chi connectivity index (χ2v) is 11.2. The minimum Gasteiger partial charge on any atom is -0.481 e. The largest absolute Gasteiger partial charge is 0.481 e. The van der Waals surface area contributed by atoms with Crippen molar-refractivity contribution in [3.05, 3.63) is 0 Å². The molecule has 2 heterocycles. The van der Waals surface area contributed by atoms with Crippen LogP contribution in [0, 0.1) is 10.8 Å². The van der Waals surface area contributed by atoms with Gasteiger partial charge in [-0.15, -0.1) is 24.8 Å². The van der Waals surface area contributed by atoms with Crippen LogP contribution in [0.2, 0.25) is 0 Å². The Morgan fingerprint density at radius 3 is 2.42 bits per heavy atom. The maximum Gasteiger partial charge on any atom is 0.305 e. The van der Waals surface area contributed by atoms with Gasteiger partial charge in [-0.3, -0.25) is 15.0 Å². The molecule has 0 spiro atoms. The molecule has 210 valence electrons. The SMILES string of the molecule is CC1(C)CCCC(N[C@@H](CC(=O)O)C(=O)N2CCCC[C@H]2CCOC2CCN(C(=N)N)CC2)C1.Cl.Cl. The van der Waals surface area contributed by atoms with Gasteiger partial charge in [-0.05, 0) is 63.2 Å². The molecule has 0 bridgehead atoms. The number of ether oxygens (including phenoxy) is 1. The number of carbonyl (C=O) groups is 2. The second kappa shape index (κ2) is 15.2. The highest BCUT2D eigenvalue weighted by atomic mass is 35.5. The Hall–Kier alpha value is -1.29. The molecule has 9 nitrogen and oxygen atoms in total. The molecule has 0 aromatic rings. The number of halogens is 2. The third kappa shape index (κ3) is 9.88. The molecule has 36 heavy (non-hydrogen) atoms. The quantitative estimate of drug-likeness (QED) is 0.255. The Kier molecular flexibility index (Phi) is 13.8. The van der Waals surface area contributed by atoms with Crippen LogP contribution in [0.25, 0.3) is 0 Å². The van der Waals surface area contributed by atoms with Crippen molar-refractivity contribution >= 4 is 42.7 Å². The van der Waals surface area contributed by atoms with Gasteiger partial charge >= 0.3 is 5.97 Å².